The van der Waals surface area contributed by atoms with Crippen molar-refractivity contribution in [1.82, 2.24) is 4.90 Å². The molecule has 0 N–H and O–H groups in total. The van der Waals surface area contributed by atoms with Crippen molar-refractivity contribution >= 4 is 5.91 Å². The lowest BCUT2D eigenvalue weighted by Crippen LogP contribution is -2.17. The van der Waals surface area contributed by atoms with E-state index in [2.05, 4.69) is 6.58 Å². The van der Waals surface area contributed by atoms with E-state index in [4.69, 9.17) is 0 Å². The first kappa shape index (κ1) is 7.95. The lowest BCUT2D eigenvalue weighted by atomic mass is 10.5. The zero-order valence-corrected chi connectivity index (χ0v) is 5.79. The van der Waals surface area contributed by atoms with Crippen LogP contribution in [0.4, 0.5) is 0 Å². The van der Waals surface area contributed by atoms with Gasteiger partial charge in [0.2, 0.25) is 5.91 Å². The van der Waals surface area contributed by atoms with E-state index in [1.165, 1.54) is 11.0 Å². The predicted octanol–water partition coefficient (Wildman–Crippen LogP) is 1.16. The van der Waals surface area contributed by atoms with E-state index >= 15 is 0 Å². The second kappa shape index (κ2) is 3.89. The van der Waals surface area contributed by atoms with Crippen LogP contribution in [0.5, 0.6) is 0 Å². The first-order valence-corrected chi connectivity index (χ1v) is 2.74. The monoisotopic (exact) mass is 125 g/mol. The molecule has 1 amide bonds. The van der Waals surface area contributed by atoms with Gasteiger partial charge >= 0.3 is 0 Å². The third kappa shape index (κ3) is 2.69. The van der Waals surface area contributed by atoms with Crippen molar-refractivity contribution in [3.8, 4) is 0 Å². The second-order valence-corrected chi connectivity index (χ2v) is 1.64. The molecule has 0 fully saturated rings. The molecule has 0 rings (SSSR count). The van der Waals surface area contributed by atoms with Gasteiger partial charge in [0.25, 0.3) is 0 Å². The van der Waals surface area contributed by atoms with Gasteiger partial charge in [0.05, 0.1) is 0 Å². The number of allylic oxidation sites excluding steroid dienone is 1. The highest BCUT2D eigenvalue weighted by molar-refractivity contribution is 5.87. The molecular formula is C7H11NO. The summed E-state index contributed by atoms with van der Waals surface area (Å²) in [5, 5.41) is 0. The maximum Gasteiger partial charge on any atom is 0.249 e. The molecule has 2 nitrogen and oxygen atoms in total. The molecule has 0 spiro atoms. The van der Waals surface area contributed by atoms with Crippen molar-refractivity contribution in [1.29, 1.82) is 0 Å². The average molecular weight is 125 g/mol. The summed E-state index contributed by atoms with van der Waals surface area (Å²) in [6.45, 7) is 5.19. The van der Waals surface area contributed by atoms with Crippen LogP contribution in [0.15, 0.2) is 24.9 Å². The molecule has 0 aromatic heterocycles. The van der Waals surface area contributed by atoms with E-state index in [1.807, 2.05) is 6.92 Å². The van der Waals surface area contributed by atoms with E-state index < -0.39 is 0 Å². The largest absolute Gasteiger partial charge is 0.319 e. The maximum atomic E-state index is 10.7. The van der Waals surface area contributed by atoms with Gasteiger partial charge < -0.3 is 4.90 Å². The Morgan fingerprint density at radius 1 is 1.67 bits per heavy atom. The zero-order chi connectivity index (χ0) is 7.28. The summed E-state index contributed by atoms with van der Waals surface area (Å²) in [6.07, 6.45) is 4.76. The highest BCUT2D eigenvalue weighted by Gasteiger charge is 1.95. The van der Waals surface area contributed by atoms with Gasteiger partial charge in [-0.2, -0.15) is 0 Å². The average Bonchev–Trinajstić information content (AvgIpc) is 1.87. The van der Waals surface area contributed by atoms with E-state index in [0.717, 1.165) is 0 Å². The zero-order valence-electron chi connectivity index (χ0n) is 5.79. The van der Waals surface area contributed by atoms with Crippen LogP contribution in [0.2, 0.25) is 0 Å². The molecule has 0 saturated carbocycles. The maximum absolute atomic E-state index is 10.7. The molecule has 0 aliphatic carbocycles. The predicted molar refractivity (Wildman–Crippen MR) is 37.8 cm³/mol. The summed E-state index contributed by atoms with van der Waals surface area (Å²) in [6, 6.07) is 0. The van der Waals surface area contributed by atoms with Gasteiger partial charge in [-0.25, -0.2) is 0 Å². The Morgan fingerprint density at radius 3 is 2.56 bits per heavy atom. The molecule has 0 radical (unpaired) electrons. The van der Waals surface area contributed by atoms with E-state index in [1.54, 1.807) is 19.3 Å². The quantitative estimate of drug-likeness (QED) is 0.507. The van der Waals surface area contributed by atoms with Gasteiger partial charge in [-0.05, 0) is 13.0 Å². The standard InChI is InChI=1S/C7H11NO/c1-4-6-8(3)7(9)5-2/h4-6H,2H2,1,3H3/b6-4+. The number of hydrogen-bond donors (Lipinski definition) is 0. The van der Waals surface area contributed by atoms with Gasteiger partial charge in [-0.1, -0.05) is 12.7 Å². The van der Waals surface area contributed by atoms with Crippen molar-refractivity contribution < 1.29 is 4.79 Å². The molecule has 0 aromatic rings. The second-order valence-electron chi connectivity index (χ2n) is 1.64. The number of likely N-dealkylation sites (N-methyl/N-ethyl adjacent to an activating group) is 1. The van der Waals surface area contributed by atoms with E-state index in [-0.39, 0.29) is 5.91 Å². The molecule has 0 atom stereocenters. The van der Waals surface area contributed by atoms with Crippen LogP contribution in [-0.4, -0.2) is 17.9 Å². The summed E-state index contributed by atoms with van der Waals surface area (Å²) in [4.78, 5) is 12.1. The summed E-state index contributed by atoms with van der Waals surface area (Å²) in [5.41, 5.74) is 0. The summed E-state index contributed by atoms with van der Waals surface area (Å²) in [5.74, 6) is -0.0897. The molecule has 0 aliphatic heterocycles. The molecule has 0 unspecified atom stereocenters. The van der Waals surface area contributed by atoms with E-state index in [9.17, 15) is 4.79 Å². The van der Waals surface area contributed by atoms with Crippen LogP contribution >= 0.6 is 0 Å². The van der Waals surface area contributed by atoms with Gasteiger partial charge in [0.15, 0.2) is 0 Å². The Balaban J connectivity index is 3.87. The lowest BCUT2D eigenvalue weighted by Gasteiger charge is -2.06. The van der Waals surface area contributed by atoms with Crippen molar-refractivity contribution in [2.75, 3.05) is 7.05 Å². The fourth-order valence-electron chi connectivity index (χ4n) is 0.441. The SMILES string of the molecule is C=CC(=O)N(C)/C=C/C. The Labute approximate surface area is 55.5 Å². The number of carbonyl (C=O) groups is 1. The summed E-state index contributed by atoms with van der Waals surface area (Å²) >= 11 is 0. The summed E-state index contributed by atoms with van der Waals surface area (Å²) in [7, 11) is 1.68. The highest BCUT2D eigenvalue weighted by Crippen LogP contribution is 1.85. The van der Waals surface area contributed by atoms with Crippen molar-refractivity contribution in [3.63, 3.8) is 0 Å². The summed E-state index contributed by atoms with van der Waals surface area (Å²) < 4.78 is 0. The van der Waals surface area contributed by atoms with Crippen molar-refractivity contribution in [2.24, 2.45) is 0 Å². The molecule has 2 heteroatoms. The van der Waals surface area contributed by atoms with Crippen LogP contribution in [0.1, 0.15) is 6.92 Å². The Kier molecular flexibility index (Phi) is 3.44. The van der Waals surface area contributed by atoms with Gasteiger partial charge in [-0.3, -0.25) is 4.79 Å². The molecule has 0 heterocycles. The Hall–Kier alpha value is -1.05. The minimum absolute atomic E-state index is 0.0897. The smallest absolute Gasteiger partial charge is 0.249 e. The molecule has 50 valence electrons. The topological polar surface area (TPSA) is 20.3 Å². The van der Waals surface area contributed by atoms with Gasteiger partial charge in [0, 0.05) is 13.2 Å². The fourth-order valence-corrected chi connectivity index (χ4v) is 0.441. The molecule has 9 heavy (non-hydrogen) atoms. The number of amides is 1. The van der Waals surface area contributed by atoms with Crippen LogP contribution in [0.3, 0.4) is 0 Å². The molecular weight excluding hydrogens is 114 g/mol. The third-order valence-electron chi connectivity index (χ3n) is 0.895. The molecule has 0 saturated heterocycles. The normalized spacial score (nSPS) is 9.56. The fraction of sp³-hybridized carbons (Fsp3) is 0.286. The number of hydrogen-bond acceptors (Lipinski definition) is 1. The van der Waals surface area contributed by atoms with E-state index in [0.29, 0.717) is 0 Å². The highest BCUT2D eigenvalue weighted by atomic mass is 16.2. The van der Waals surface area contributed by atoms with Crippen molar-refractivity contribution in [2.45, 2.75) is 6.92 Å². The van der Waals surface area contributed by atoms with Crippen LogP contribution < -0.4 is 0 Å². The first-order valence-electron chi connectivity index (χ1n) is 2.74. The number of nitrogens with zero attached hydrogens (tertiary/aromatic N) is 1. The van der Waals surface area contributed by atoms with Crippen LogP contribution in [-0.2, 0) is 4.79 Å². The lowest BCUT2D eigenvalue weighted by molar-refractivity contribution is -0.122. The van der Waals surface area contributed by atoms with Gasteiger partial charge in [-0.15, -0.1) is 0 Å². The van der Waals surface area contributed by atoms with Crippen LogP contribution in [0, 0.1) is 0 Å². The Bertz CT molecular complexity index is 138. The molecule has 0 bridgehead atoms. The molecule has 0 aromatic carbocycles. The van der Waals surface area contributed by atoms with Crippen molar-refractivity contribution in [3.05, 3.63) is 24.9 Å². The number of rotatable bonds is 2. The first-order chi connectivity index (χ1) is 4.22. The minimum atomic E-state index is -0.0897. The van der Waals surface area contributed by atoms with Gasteiger partial charge in [0.1, 0.15) is 0 Å². The Morgan fingerprint density at radius 2 is 2.22 bits per heavy atom. The number of carbonyl (C=O) groups excluding carboxylic acids is 1. The molecule has 0 aliphatic rings. The third-order valence-corrected chi connectivity index (χ3v) is 0.895. The minimum Gasteiger partial charge on any atom is -0.319 e. The van der Waals surface area contributed by atoms with Crippen LogP contribution in [0.25, 0.3) is 0 Å².